The maximum absolute atomic E-state index is 12.7. The first-order valence-corrected chi connectivity index (χ1v) is 7.38. The Morgan fingerprint density at radius 1 is 1.00 bits per heavy atom. The summed E-state index contributed by atoms with van der Waals surface area (Å²) in [5, 5.41) is 48.4. The molecule has 0 aromatic heterocycles. The minimum atomic E-state index is -1.53. The fourth-order valence-electron chi connectivity index (χ4n) is 2.73. The Morgan fingerprint density at radius 3 is 2.19 bits per heavy atom. The Labute approximate surface area is 146 Å². The van der Waals surface area contributed by atoms with Crippen molar-refractivity contribution in [3.63, 3.8) is 0 Å². The molecule has 2 aromatic carbocycles. The van der Waals surface area contributed by atoms with Gasteiger partial charge in [0.25, 0.3) is 0 Å². The zero-order valence-corrected chi connectivity index (χ0v) is 13.3. The van der Waals surface area contributed by atoms with E-state index < -0.39 is 47.0 Å². The maximum Gasteiger partial charge on any atom is 0.303 e. The van der Waals surface area contributed by atoms with Gasteiger partial charge in [0.15, 0.2) is 23.4 Å². The van der Waals surface area contributed by atoms with Gasteiger partial charge in [0.2, 0.25) is 11.9 Å². The quantitative estimate of drug-likeness (QED) is 0.394. The molecule has 5 N–H and O–H groups in total. The van der Waals surface area contributed by atoms with Gasteiger partial charge in [0, 0.05) is 24.6 Å². The van der Waals surface area contributed by atoms with E-state index in [1.165, 1.54) is 0 Å². The highest BCUT2D eigenvalue weighted by atomic mass is 16.6. The third kappa shape index (κ3) is 2.79. The third-order valence-corrected chi connectivity index (χ3v) is 3.81. The normalized spacial score (nSPS) is 18.7. The van der Waals surface area contributed by atoms with Gasteiger partial charge in [-0.05, 0) is 12.1 Å². The predicted molar refractivity (Wildman–Crippen MR) is 84.5 cm³/mol. The second kappa shape index (κ2) is 6.03. The van der Waals surface area contributed by atoms with Crippen LogP contribution in [-0.4, -0.2) is 43.4 Å². The Kier molecular flexibility index (Phi) is 3.99. The van der Waals surface area contributed by atoms with Gasteiger partial charge in [-0.2, -0.15) is 0 Å². The van der Waals surface area contributed by atoms with Crippen molar-refractivity contribution in [2.24, 2.45) is 0 Å². The molecule has 0 amide bonds. The fourth-order valence-corrected chi connectivity index (χ4v) is 2.73. The molecule has 136 valence electrons. The highest BCUT2D eigenvalue weighted by molar-refractivity contribution is 6.06. The molecular weight excluding hydrogens is 348 g/mol. The molecule has 2 atom stereocenters. The number of hydrogen-bond donors (Lipinski definition) is 5. The zero-order chi connectivity index (χ0) is 19.2. The summed E-state index contributed by atoms with van der Waals surface area (Å²) in [7, 11) is 0. The summed E-state index contributed by atoms with van der Waals surface area (Å²) >= 11 is 0. The molecule has 9 heteroatoms. The Hall–Kier alpha value is -3.62. The molecule has 0 radical (unpaired) electrons. The number of esters is 1. The van der Waals surface area contributed by atoms with E-state index in [1.54, 1.807) is 0 Å². The molecule has 0 saturated carbocycles. The van der Waals surface area contributed by atoms with Crippen LogP contribution in [0.1, 0.15) is 28.9 Å². The van der Waals surface area contributed by atoms with Gasteiger partial charge in [-0.15, -0.1) is 0 Å². The highest BCUT2D eigenvalue weighted by Gasteiger charge is 2.43. The van der Waals surface area contributed by atoms with Gasteiger partial charge < -0.3 is 35.0 Å². The molecule has 9 nitrogen and oxygen atoms in total. The molecule has 26 heavy (non-hydrogen) atoms. The van der Waals surface area contributed by atoms with Crippen LogP contribution in [0.15, 0.2) is 24.3 Å². The van der Waals surface area contributed by atoms with E-state index in [-0.39, 0.29) is 22.6 Å². The molecule has 0 bridgehead atoms. The topological polar surface area (TPSA) is 154 Å². The SMILES string of the molecule is CC(=O)O[C@@H]1C(=O)c2c(O)cc(O)cc2O[C@H]1c1cc(O)c(O)c(O)c1. The van der Waals surface area contributed by atoms with E-state index in [0.29, 0.717) is 0 Å². The number of phenols is 5. The summed E-state index contributed by atoms with van der Waals surface area (Å²) in [4.78, 5) is 24.1. The summed E-state index contributed by atoms with van der Waals surface area (Å²) in [5.74, 6) is -4.82. The number of hydrogen-bond acceptors (Lipinski definition) is 9. The van der Waals surface area contributed by atoms with Crippen molar-refractivity contribution >= 4 is 11.8 Å². The average Bonchev–Trinajstić information content (AvgIpc) is 2.53. The second-order valence-corrected chi connectivity index (χ2v) is 5.68. The third-order valence-electron chi connectivity index (χ3n) is 3.81. The van der Waals surface area contributed by atoms with Crippen LogP contribution in [0.5, 0.6) is 34.5 Å². The largest absolute Gasteiger partial charge is 0.508 e. The van der Waals surface area contributed by atoms with Crippen molar-refractivity contribution in [2.75, 3.05) is 0 Å². The first kappa shape index (κ1) is 17.2. The standard InChI is InChI=1S/C17H14O9/c1-6(18)25-17-15(24)13-9(20)4-8(19)5-12(13)26-16(17)7-2-10(21)14(23)11(22)3-7/h2-5,16-17,19-23H,1H3/t16-,17+/m0/s1. The van der Waals surface area contributed by atoms with Gasteiger partial charge in [-0.3, -0.25) is 9.59 Å². The number of benzene rings is 2. The summed E-state index contributed by atoms with van der Waals surface area (Å²) in [6, 6.07) is 4.07. The highest BCUT2D eigenvalue weighted by Crippen LogP contribution is 2.45. The zero-order valence-electron chi connectivity index (χ0n) is 13.3. The smallest absolute Gasteiger partial charge is 0.303 e. The van der Waals surface area contributed by atoms with Gasteiger partial charge >= 0.3 is 5.97 Å². The van der Waals surface area contributed by atoms with E-state index in [4.69, 9.17) is 9.47 Å². The molecule has 1 aliphatic rings. The van der Waals surface area contributed by atoms with Crippen molar-refractivity contribution in [3.05, 3.63) is 35.4 Å². The molecule has 1 heterocycles. The molecular formula is C17H14O9. The Balaban J connectivity index is 2.16. The Morgan fingerprint density at radius 2 is 1.62 bits per heavy atom. The molecule has 0 saturated heterocycles. The molecule has 1 aliphatic heterocycles. The van der Waals surface area contributed by atoms with Crippen LogP contribution in [0.3, 0.4) is 0 Å². The van der Waals surface area contributed by atoms with E-state index in [9.17, 15) is 35.1 Å². The number of rotatable bonds is 2. The van der Waals surface area contributed by atoms with Crippen molar-refractivity contribution in [2.45, 2.75) is 19.1 Å². The van der Waals surface area contributed by atoms with Crippen LogP contribution in [0.2, 0.25) is 0 Å². The molecule has 0 unspecified atom stereocenters. The monoisotopic (exact) mass is 362 g/mol. The van der Waals surface area contributed by atoms with Crippen molar-refractivity contribution in [3.8, 4) is 34.5 Å². The van der Waals surface area contributed by atoms with E-state index in [0.717, 1.165) is 31.2 Å². The molecule has 2 aromatic rings. The lowest BCUT2D eigenvalue weighted by Gasteiger charge is -2.32. The maximum atomic E-state index is 12.7. The van der Waals surface area contributed by atoms with Crippen molar-refractivity contribution in [1.29, 1.82) is 0 Å². The number of phenolic OH excluding ortho intramolecular Hbond substituents is 5. The van der Waals surface area contributed by atoms with Crippen LogP contribution in [0, 0.1) is 0 Å². The average molecular weight is 362 g/mol. The predicted octanol–water partition coefficient (Wildman–Crippen LogP) is 1.46. The van der Waals surface area contributed by atoms with Gasteiger partial charge in [-0.1, -0.05) is 0 Å². The van der Waals surface area contributed by atoms with Crippen LogP contribution < -0.4 is 4.74 Å². The lowest BCUT2D eigenvalue weighted by Crippen LogP contribution is -2.39. The first-order chi connectivity index (χ1) is 12.2. The van der Waals surface area contributed by atoms with Crippen molar-refractivity contribution in [1.82, 2.24) is 0 Å². The van der Waals surface area contributed by atoms with E-state index >= 15 is 0 Å². The minimum Gasteiger partial charge on any atom is -0.508 e. The van der Waals surface area contributed by atoms with Gasteiger partial charge in [-0.25, -0.2) is 0 Å². The summed E-state index contributed by atoms with van der Waals surface area (Å²) < 4.78 is 10.6. The number of carbonyl (C=O) groups is 2. The van der Waals surface area contributed by atoms with E-state index in [1.807, 2.05) is 0 Å². The van der Waals surface area contributed by atoms with Crippen LogP contribution in [-0.2, 0) is 9.53 Å². The molecule has 0 fully saturated rings. The van der Waals surface area contributed by atoms with Crippen LogP contribution in [0.4, 0.5) is 0 Å². The molecule has 0 spiro atoms. The minimum absolute atomic E-state index is 0.0193. The summed E-state index contributed by atoms with van der Waals surface area (Å²) in [6.07, 6.45) is -2.84. The first-order valence-electron chi connectivity index (χ1n) is 7.38. The van der Waals surface area contributed by atoms with E-state index in [2.05, 4.69) is 0 Å². The molecule has 0 aliphatic carbocycles. The number of ether oxygens (including phenoxy) is 2. The number of carbonyl (C=O) groups excluding carboxylic acids is 2. The number of ketones is 1. The fraction of sp³-hybridized carbons (Fsp3) is 0.176. The van der Waals surface area contributed by atoms with Gasteiger partial charge in [0.05, 0.1) is 0 Å². The lowest BCUT2D eigenvalue weighted by molar-refractivity contribution is -0.148. The lowest BCUT2D eigenvalue weighted by atomic mass is 9.92. The second-order valence-electron chi connectivity index (χ2n) is 5.68. The summed E-state index contributed by atoms with van der Waals surface area (Å²) in [6.45, 7) is 1.07. The molecule has 3 rings (SSSR count). The number of fused-ring (bicyclic) bond motifs is 1. The van der Waals surface area contributed by atoms with Crippen LogP contribution >= 0.6 is 0 Å². The van der Waals surface area contributed by atoms with Gasteiger partial charge in [0.1, 0.15) is 22.8 Å². The number of aromatic hydroxyl groups is 5. The Bertz CT molecular complexity index is 896. The number of Topliss-reactive ketones (excluding diaryl/α,β-unsaturated/α-hetero) is 1. The van der Waals surface area contributed by atoms with Crippen molar-refractivity contribution < 1.29 is 44.6 Å². The summed E-state index contributed by atoms with van der Waals surface area (Å²) in [5.41, 5.74) is -0.261. The van der Waals surface area contributed by atoms with Crippen LogP contribution in [0.25, 0.3) is 0 Å².